The number of aryl methyl sites for hydroxylation is 1. The van der Waals surface area contributed by atoms with Gasteiger partial charge in [-0.1, -0.05) is 0 Å². The third-order valence-corrected chi connectivity index (χ3v) is 4.04. The van der Waals surface area contributed by atoms with Crippen molar-refractivity contribution in [2.75, 3.05) is 5.32 Å². The second-order valence-electron chi connectivity index (χ2n) is 4.37. The molecule has 20 heavy (non-hydrogen) atoms. The first-order chi connectivity index (χ1) is 9.65. The number of hydrogen-bond donors (Lipinski definition) is 1. The predicted octanol–water partition coefficient (Wildman–Crippen LogP) is 3.73. The Morgan fingerprint density at radius 3 is 2.90 bits per heavy atom. The number of amides is 1. The molecule has 0 saturated carbocycles. The number of nitrogens with one attached hydrogen (secondary N) is 1. The number of rotatable bonds is 2. The van der Waals surface area contributed by atoms with Crippen molar-refractivity contribution in [1.82, 2.24) is 0 Å². The Bertz CT molecular complexity index is 782. The Kier molecular flexibility index (Phi) is 3.34. The van der Waals surface area contributed by atoms with Crippen LogP contribution >= 0.6 is 0 Å². The van der Waals surface area contributed by atoms with Gasteiger partial charge in [0, 0.05) is 0 Å². The summed E-state index contributed by atoms with van der Waals surface area (Å²) >= 11 is -0.168. The zero-order valence-electron chi connectivity index (χ0n) is 10.6. The van der Waals surface area contributed by atoms with Gasteiger partial charge in [0.15, 0.2) is 0 Å². The van der Waals surface area contributed by atoms with Crippen LogP contribution in [0.25, 0.3) is 0 Å². The molecule has 0 bridgehead atoms. The van der Waals surface area contributed by atoms with Crippen LogP contribution < -0.4 is 5.32 Å². The minimum absolute atomic E-state index is 0.0219. The fraction of sp³-hybridized carbons (Fsp3) is 0.0714. The van der Waals surface area contributed by atoms with Gasteiger partial charge in [-0.2, -0.15) is 0 Å². The van der Waals surface area contributed by atoms with E-state index in [0.717, 1.165) is 11.3 Å². The molecule has 3 rings (SSSR count). The molecule has 0 spiro atoms. The van der Waals surface area contributed by atoms with E-state index in [1.165, 1.54) is 12.1 Å². The first kappa shape index (κ1) is 13.0. The van der Waals surface area contributed by atoms with Gasteiger partial charge in [0.05, 0.1) is 0 Å². The minimum atomic E-state index is -0.527. The van der Waals surface area contributed by atoms with Crippen molar-refractivity contribution >= 4 is 37.5 Å². The van der Waals surface area contributed by atoms with Gasteiger partial charge in [0.25, 0.3) is 0 Å². The third kappa shape index (κ3) is 2.35. The average Bonchev–Trinajstić information content (AvgIpc) is 2.87. The van der Waals surface area contributed by atoms with E-state index < -0.39 is 11.7 Å². The molecule has 2 aromatic carbocycles. The van der Waals surface area contributed by atoms with Crippen LogP contribution in [0.2, 0.25) is 0 Å². The maximum absolute atomic E-state index is 13.8. The number of nitrogens with zero attached hydrogens (tertiary/aromatic N) is 2. The van der Waals surface area contributed by atoms with Gasteiger partial charge in [0.1, 0.15) is 0 Å². The zero-order chi connectivity index (χ0) is 14.1. The van der Waals surface area contributed by atoms with Gasteiger partial charge < -0.3 is 0 Å². The van der Waals surface area contributed by atoms with Crippen LogP contribution in [0.1, 0.15) is 15.9 Å². The van der Waals surface area contributed by atoms with Crippen molar-refractivity contribution in [3.63, 3.8) is 0 Å². The number of halogens is 1. The van der Waals surface area contributed by atoms with E-state index in [-0.39, 0.29) is 20.1 Å². The molecule has 1 heterocycles. The number of hydrogen-bond acceptors (Lipinski definition) is 3. The standard InChI is InChI=1S/C14H10FN3OSe/c1-8-5-6-9(10(15)7-8)14(19)16-11-3-2-4-12-13(11)18-20-17-12/h2-7H,1H3,(H,16,19). The summed E-state index contributed by atoms with van der Waals surface area (Å²) in [4.78, 5) is 12.1. The van der Waals surface area contributed by atoms with Gasteiger partial charge >= 0.3 is 120 Å². The van der Waals surface area contributed by atoms with Crippen LogP contribution in [0.15, 0.2) is 44.3 Å². The van der Waals surface area contributed by atoms with E-state index in [4.69, 9.17) is 0 Å². The molecule has 0 aromatic heterocycles. The SMILES string of the molecule is Cc1ccc(C(=O)Nc2cccc3c2N=[Se]=N3)c(F)c1. The van der Waals surface area contributed by atoms with E-state index in [1.807, 2.05) is 6.07 Å². The number of benzene rings is 2. The van der Waals surface area contributed by atoms with E-state index in [2.05, 4.69) is 13.2 Å². The summed E-state index contributed by atoms with van der Waals surface area (Å²) in [5.41, 5.74) is 2.81. The summed E-state index contributed by atoms with van der Waals surface area (Å²) in [5, 5.41) is 2.70. The molecule has 0 aliphatic carbocycles. The molecular formula is C14H10FN3OSe. The van der Waals surface area contributed by atoms with Crippen molar-refractivity contribution in [1.29, 1.82) is 0 Å². The fourth-order valence-corrected chi connectivity index (χ4v) is 3.05. The summed E-state index contributed by atoms with van der Waals surface area (Å²) in [6.45, 7) is 1.78. The van der Waals surface area contributed by atoms with Crippen molar-refractivity contribution in [2.45, 2.75) is 6.92 Å². The molecule has 0 saturated heterocycles. The molecule has 2 aromatic rings. The molecule has 0 atom stereocenters. The average molecular weight is 334 g/mol. The second kappa shape index (κ2) is 5.15. The van der Waals surface area contributed by atoms with Crippen LogP contribution in [0.3, 0.4) is 0 Å². The first-order valence-corrected chi connectivity index (χ1v) is 7.47. The van der Waals surface area contributed by atoms with Gasteiger partial charge in [-0.15, -0.1) is 0 Å². The molecule has 100 valence electrons. The second-order valence-corrected chi connectivity index (χ2v) is 5.48. The quantitative estimate of drug-likeness (QED) is 0.713. The molecule has 1 amide bonds. The molecular weight excluding hydrogens is 324 g/mol. The van der Waals surface area contributed by atoms with Crippen LogP contribution in [-0.2, 0) is 0 Å². The summed E-state index contributed by atoms with van der Waals surface area (Å²) < 4.78 is 22.3. The van der Waals surface area contributed by atoms with Crippen LogP contribution in [0, 0.1) is 12.7 Å². The molecule has 0 radical (unpaired) electrons. The van der Waals surface area contributed by atoms with Crippen LogP contribution in [0.4, 0.5) is 21.5 Å². The van der Waals surface area contributed by atoms with Gasteiger partial charge in [-0.25, -0.2) is 0 Å². The number of fused-ring (bicyclic) bond motifs is 1. The molecule has 1 aliphatic rings. The Labute approximate surface area is 120 Å². The van der Waals surface area contributed by atoms with Gasteiger partial charge in [0.2, 0.25) is 0 Å². The Morgan fingerprint density at radius 1 is 1.25 bits per heavy atom. The fourth-order valence-electron chi connectivity index (χ4n) is 1.90. The normalized spacial score (nSPS) is 11.9. The topological polar surface area (TPSA) is 53.8 Å². The summed E-state index contributed by atoms with van der Waals surface area (Å²) in [6, 6.07) is 9.90. The number of carbonyl (C=O) groups is 1. The van der Waals surface area contributed by atoms with Crippen molar-refractivity contribution in [2.24, 2.45) is 7.92 Å². The summed E-state index contributed by atoms with van der Waals surface area (Å²) in [6.07, 6.45) is 0. The molecule has 6 heteroatoms. The number of carbonyl (C=O) groups excluding carboxylic acids is 1. The zero-order valence-corrected chi connectivity index (χ0v) is 12.3. The predicted molar refractivity (Wildman–Crippen MR) is 75.5 cm³/mol. The molecule has 0 unspecified atom stereocenters. The van der Waals surface area contributed by atoms with Crippen molar-refractivity contribution in [3.05, 3.63) is 53.3 Å². The van der Waals surface area contributed by atoms with E-state index in [0.29, 0.717) is 11.4 Å². The Balaban J connectivity index is 1.91. The van der Waals surface area contributed by atoms with Crippen molar-refractivity contribution < 1.29 is 9.18 Å². The van der Waals surface area contributed by atoms with Crippen LogP contribution in [0.5, 0.6) is 0 Å². The third-order valence-electron chi connectivity index (χ3n) is 2.90. The Morgan fingerprint density at radius 2 is 2.10 bits per heavy atom. The van der Waals surface area contributed by atoms with Gasteiger partial charge in [-0.05, 0) is 0 Å². The molecule has 0 fully saturated rings. The molecule has 1 N–H and O–H groups in total. The summed E-state index contributed by atoms with van der Waals surface area (Å²) in [5.74, 6) is -1.01. The first-order valence-electron chi connectivity index (χ1n) is 5.94. The van der Waals surface area contributed by atoms with E-state index >= 15 is 0 Å². The van der Waals surface area contributed by atoms with Gasteiger partial charge in [-0.3, -0.25) is 0 Å². The molecule has 4 nitrogen and oxygen atoms in total. The number of anilines is 1. The van der Waals surface area contributed by atoms with Crippen molar-refractivity contribution in [3.8, 4) is 0 Å². The Hall–Kier alpha value is -2.04. The van der Waals surface area contributed by atoms with E-state index in [1.54, 1.807) is 25.1 Å². The van der Waals surface area contributed by atoms with E-state index in [9.17, 15) is 9.18 Å². The molecule has 1 aliphatic heterocycles. The maximum atomic E-state index is 13.8. The van der Waals surface area contributed by atoms with Crippen LogP contribution in [-0.4, -0.2) is 20.5 Å². The summed E-state index contributed by atoms with van der Waals surface area (Å²) in [7, 11) is 0. The monoisotopic (exact) mass is 335 g/mol.